The molecule has 4 nitrogen and oxygen atoms in total. The molecule has 2 heterocycles. The largest absolute Gasteiger partial charge is 0.417 e. The first kappa shape index (κ1) is 23.5. The van der Waals surface area contributed by atoms with E-state index < -0.39 is 58.0 Å². The van der Waals surface area contributed by atoms with Crippen molar-refractivity contribution in [1.29, 1.82) is 0 Å². The second kappa shape index (κ2) is 8.73. The number of rotatable bonds is 5. The maximum absolute atomic E-state index is 14.6. The fourth-order valence-electron chi connectivity index (χ4n) is 2.72. The van der Waals surface area contributed by atoms with Crippen LogP contribution in [0.5, 0.6) is 0 Å². The molecule has 1 N–H and O–H groups in total. The van der Waals surface area contributed by atoms with E-state index in [0.717, 1.165) is 36.5 Å². The van der Waals surface area contributed by atoms with Gasteiger partial charge in [-0.3, -0.25) is 14.8 Å². The summed E-state index contributed by atoms with van der Waals surface area (Å²) in [5.74, 6) is -7.66. The van der Waals surface area contributed by atoms with Crippen molar-refractivity contribution in [1.82, 2.24) is 15.3 Å². The average Bonchev–Trinajstić information content (AvgIpc) is 2.73. The lowest BCUT2D eigenvalue weighted by atomic mass is 10.1. The van der Waals surface area contributed by atoms with Crippen LogP contribution in [0.25, 0.3) is 11.3 Å². The Bertz CT molecular complexity index is 1170. The van der Waals surface area contributed by atoms with Gasteiger partial charge in [0.1, 0.15) is 5.69 Å². The van der Waals surface area contributed by atoms with E-state index in [0.29, 0.717) is 12.3 Å². The van der Waals surface area contributed by atoms with Crippen LogP contribution in [-0.4, -0.2) is 22.4 Å². The number of pyridine rings is 2. The lowest BCUT2D eigenvalue weighted by Gasteiger charge is -2.19. The molecule has 3 aromatic rings. The van der Waals surface area contributed by atoms with Crippen LogP contribution in [0.1, 0.15) is 21.6 Å². The number of alkyl halides is 5. The van der Waals surface area contributed by atoms with Crippen LogP contribution < -0.4 is 5.32 Å². The smallest absolute Gasteiger partial charge is 0.346 e. The minimum Gasteiger partial charge on any atom is -0.346 e. The number of hydrogen-bond donors (Lipinski definition) is 1. The van der Waals surface area contributed by atoms with Gasteiger partial charge in [-0.1, -0.05) is 23.7 Å². The van der Waals surface area contributed by atoms with Gasteiger partial charge in [-0.2, -0.15) is 22.0 Å². The fourth-order valence-corrected chi connectivity index (χ4v) is 3.02. The summed E-state index contributed by atoms with van der Waals surface area (Å²) in [4.78, 5) is 19.2. The summed E-state index contributed by atoms with van der Waals surface area (Å²) >= 11 is 5.85. The topological polar surface area (TPSA) is 54.9 Å². The zero-order valence-electron chi connectivity index (χ0n) is 15.7. The summed E-state index contributed by atoms with van der Waals surface area (Å²) in [6.07, 6.45) is -3.38. The standard InChI is InChI=1S/C20H11ClF7N3O/c21-13-5-10(16-6-14(22)15(23)8-29-16)7-30-17(13)19(24,25)9-31-18(32)11-3-1-2-4-12(11)20(26,27)28/h1-8H,9H2,(H,31,32). The monoisotopic (exact) mass is 477 g/mol. The number of halogens is 8. The first-order chi connectivity index (χ1) is 14.9. The maximum Gasteiger partial charge on any atom is 0.417 e. The van der Waals surface area contributed by atoms with Crippen molar-refractivity contribution in [2.75, 3.05) is 6.54 Å². The van der Waals surface area contributed by atoms with Gasteiger partial charge in [-0.05, 0) is 18.2 Å². The highest BCUT2D eigenvalue weighted by molar-refractivity contribution is 6.31. The van der Waals surface area contributed by atoms with Crippen molar-refractivity contribution in [3.05, 3.63) is 82.3 Å². The molecule has 0 unspecified atom stereocenters. The Morgan fingerprint density at radius 2 is 1.66 bits per heavy atom. The van der Waals surface area contributed by atoms with E-state index in [-0.39, 0.29) is 11.3 Å². The predicted molar refractivity (Wildman–Crippen MR) is 100 cm³/mol. The molecule has 0 aliphatic carbocycles. The molecule has 0 saturated carbocycles. The molecular weight excluding hydrogens is 467 g/mol. The van der Waals surface area contributed by atoms with Gasteiger partial charge in [0.05, 0.1) is 34.6 Å². The van der Waals surface area contributed by atoms with Gasteiger partial charge >= 0.3 is 12.1 Å². The minimum absolute atomic E-state index is 0.0107. The maximum atomic E-state index is 14.6. The van der Waals surface area contributed by atoms with Gasteiger partial charge in [0.2, 0.25) is 0 Å². The number of amides is 1. The molecule has 0 atom stereocenters. The van der Waals surface area contributed by atoms with Gasteiger partial charge in [0.15, 0.2) is 11.6 Å². The number of aromatic nitrogens is 2. The van der Waals surface area contributed by atoms with Gasteiger partial charge < -0.3 is 5.32 Å². The van der Waals surface area contributed by atoms with Crippen molar-refractivity contribution in [3.8, 4) is 11.3 Å². The lowest BCUT2D eigenvalue weighted by Crippen LogP contribution is -2.36. The van der Waals surface area contributed by atoms with Crippen LogP contribution in [0.2, 0.25) is 5.02 Å². The van der Waals surface area contributed by atoms with Crippen molar-refractivity contribution < 1.29 is 35.5 Å². The number of nitrogens with zero attached hydrogens (tertiary/aromatic N) is 2. The first-order valence-corrected chi connectivity index (χ1v) is 9.07. The molecule has 32 heavy (non-hydrogen) atoms. The number of benzene rings is 1. The Labute approximate surface area is 181 Å². The Morgan fingerprint density at radius 1 is 0.969 bits per heavy atom. The molecule has 1 amide bonds. The van der Waals surface area contributed by atoms with Gasteiger partial charge in [-0.25, -0.2) is 8.78 Å². The quantitative estimate of drug-likeness (QED) is 0.486. The number of nitrogens with one attached hydrogen (secondary N) is 1. The van der Waals surface area contributed by atoms with Crippen LogP contribution in [0, 0.1) is 11.6 Å². The summed E-state index contributed by atoms with van der Waals surface area (Å²) < 4.78 is 94.6. The third-order valence-corrected chi connectivity index (χ3v) is 4.53. The van der Waals surface area contributed by atoms with Gasteiger partial charge in [0, 0.05) is 17.8 Å². The summed E-state index contributed by atoms with van der Waals surface area (Å²) in [7, 11) is 0. The van der Waals surface area contributed by atoms with Crippen LogP contribution in [0.4, 0.5) is 30.7 Å². The van der Waals surface area contributed by atoms with Crippen molar-refractivity contribution >= 4 is 17.5 Å². The highest BCUT2D eigenvalue weighted by atomic mass is 35.5. The van der Waals surface area contributed by atoms with E-state index in [1.165, 1.54) is 0 Å². The second-order valence-electron chi connectivity index (χ2n) is 6.47. The molecule has 0 aliphatic heterocycles. The molecule has 12 heteroatoms. The van der Waals surface area contributed by atoms with Crippen LogP contribution in [0.3, 0.4) is 0 Å². The highest BCUT2D eigenvalue weighted by Crippen LogP contribution is 2.34. The summed E-state index contributed by atoms with van der Waals surface area (Å²) in [5.41, 5.74) is -3.19. The van der Waals surface area contributed by atoms with E-state index >= 15 is 0 Å². The van der Waals surface area contributed by atoms with E-state index in [2.05, 4.69) is 9.97 Å². The summed E-state index contributed by atoms with van der Waals surface area (Å²) in [5, 5.41) is 1.17. The normalized spacial score (nSPS) is 12.0. The molecule has 168 valence electrons. The third kappa shape index (κ3) is 4.98. The zero-order valence-corrected chi connectivity index (χ0v) is 16.4. The van der Waals surface area contributed by atoms with Gasteiger partial charge in [-0.15, -0.1) is 0 Å². The highest BCUT2D eigenvalue weighted by Gasteiger charge is 2.38. The molecule has 0 aliphatic rings. The zero-order chi connectivity index (χ0) is 23.7. The van der Waals surface area contributed by atoms with Crippen molar-refractivity contribution in [2.24, 2.45) is 0 Å². The number of carbonyl (C=O) groups is 1. The Morgan fingerprint density at radius 3 is 2.28 bits per heavy atom. The minimum atomic E-state index is -4.86. The number of carbonyl (C=O) groups excluding carboxylic acids is 1. The predicted octanol–water partition coefficient (Wildman–Crippen LogP) is 5.62. The third-order valence-electron chi connectivity index (χ3n) is 4.24. The first-order valence-electron chi connectivity index (χ1n) is 8.70. The Hall–Kier alpha value is -3.21. The second-order valence-corrected chi connectivity index (χ2v) is 6.88. The SMILES string of the molecule is O=C(NCC(F)(F)c1ncc(-c2cc(F)c(F)cn2)cc1Cl)c1ccccc1C(F)(F)F. The fraction of sp³-hybridized carbons (Fsp3) is 0.150. The van der Waals surface area contributed by atoms with Crippen molar-refractivity contribution in [2.45, 2.75) is 12.1 Å². The summed E-state index contributed by atoms with van der Waals surface area (Å²) in [6, 6.07) is 5.42. The van der Waals surface area contributed by atoms with Crippen LogP contribution in [-0.2, 0) is 12.1 Å². The van der Waals surface area contributed by atoms with Crippen LogP contribution in [0.15, 0.2) is 48.8 Å². The van der Waals surface area contributed by atoms with E-state index in [1.807, 2.05) is 0 Å². The molecule has 0 saturated heterocycles. The molecule has 0 fully saturated rings. The molecule has 3 rings (SSSR count). The summed E-state index contributed by atoms with van der Waals surface area (Å²) in [6.45, 7) is -1.40. The van der Waals surface area contributed by atoms with Gasteiger partial charge in [0.25, 0.3) is 5.91 Å². The van der Waals surface area contributed by atoms with E-state index in [1.54, 1.807) is 5.32 Å². The Kier molecular flexibility index (Phi) is 6.40. The molecule has 2 aromatic heterocycles. The molecule has 0 bridgehead atoms. The van der Waals surface area contributed by atoms with E-state index in [4.69, 9.17) is 11.6 Å². The molecular formula is C20H11ClF7N3O. The van der Waals surface area contributed by atoms with Crippen LogP contribution >= 0.6 is 11.6 Å². The van der Waals surface area contributed by atoms with E-state index in [9.17, 15) is 35.5 Å². The average molecular weight is 478 g/mol. The molecule has 1 aromatic carbocycles. The number of hydrogen-bond acceptors (Lipinski definition) is 3. The lowest BCUT2D eigenvalue weighted by molar-refractivity contribution is -0.137. The van der Waals surface area contributed by atoms with Crippen molar-refractivity contribution in [3.63, 3.8) is 0 Å². The Balaban J connectivity index is 1.80. The molecule has 0 spiro atoms. The molecule has 0 radical (unpaired) electrons.